The second-order valence-corrected chi connectivity index (χ2v) is 5.41. The predicted octanol–water partition coefficient (Wildman–Crippen LogP) is 1.88. The zero-order chi connectivity index (χ0) is 14.9. The number of aliphatic hydroxyl groups is 2. The number of methoxy groups -OCH3 is 1. The van der Waals surface area contributed by atoms with Gasteiger partial charge in [-0.1, -0.05) is 26.0 Å². The van der Waals surface area contributed by atoms with Crippen LogP contribution in [0.5, 0.6) is 5.75 Å². The van der Waals surface area contributed by atoms with Gasteiger partial charge in [0.1, 0.15) is 11.9 Å². The van der Waals surface area contributed by atoms with E-state index in [2.05, 4.69) is 0 Å². The fourth-order valence-electron chi connectivity index (χ4n) is 2.47. The van der Waals surface area contributed by atoms with Crippen LogP contribution in [-0.2, 0) is 11.2 Å². The Morgan fingerprint density at radius 1 is 1.20 bits per heavy atom. The number of carbonyl (C=O) groups excluding carboxylic acids is 1. The average Bonchev–Trinajstić information content (AvgIpc) is 2.44. The van der Waals surface area contributed by atoms with Gasteiger partial charge in [-0.05, 0) is 29.2 Å². The molecule has 0 aliphatic heterocycles. The van der Waals surface area contributed by atoms with Crippen molar-refractivity contribution in [2.24, 2.45) is 5.92 Å². The van der Waals surface area contributed by atoms with Crippen molar-refractivity contribution in [1.29, 1.82) is 0 Å². The molecular weight excluding hydrogens is 256 g/mol. The Morgan fingerprint density at radius 2 is 1.90 bits per heavy atom. The molecule has 0 heterocycles. The molecule has 0 amide bonds. The first-order valence-electron chi connectivity index (χ1n) is 6.72. The standard InChI is InChI=1S/C16H20O4/c1-9(2)15(18)16(19)14-12-8-11(17)6-4-10(12)5-7-13(14)20-3/h4-7,9,15-16,18-19H,8H2,1-3H3/t15-,16-/m1/s1. The number of rotatable bonds is 4. The van der Waals surface area contributed by atoms with Crippen LogP contribution in [0.3, 0.4) is 0 Å². The lowest BCUT2D eigenvalue weighted by Crippen LogP contribution is -2.26. The van der Waals surface area contributed by atoms with E-state index >= 15 is 0 Å². The molecule has 1 aliphatic carbocycles. The van der Waals surface area contributed by atoms with E-state index in [-0.39, 0.29) is 18.1 Å². The van der Waals surface area contributed by atoms with Crippen LogP contribution >= 0.6 is 0 Å². The van der Waals surface area contributed by atoms with Gasteiger partial charge in [-0.25, -0.2) is 0 Å². The summed E-state index contributed by atoms with van der Waals surface area (Å²) < 4.78 is 5.29. The molecule has 4 heteroatoms. The summed E-state index contributed by atoms with van der Waals surface area (Å²) in [7, 11) is 1.51. The molecule has 1 aliphatic rings. The lowest BCUT2D eigenvalue weighted by Gasteiger charge is -2.26. The highest BCUT2D eigenvalue weighted by atomic mass is 16.5. The maximum Gasteiger partial charge on any atom is 0.160 e. The van der Waals surface area contributed by atoms with Crippen LogP contribution in [0, 0.1) is 5.92 Å². The summed E-state index contributed by atoms with van der Waals surface area (Å²) >= 11 is 0. The van der Waals surface area contributed by atoms with E-state index in [1.165, 1.54) is 13.2 Å². The van der Waals surface area contributed by atoms with Crippen LogP contribution < -0.4 is 4.74 Å². The molecule has 4 nitrogen and oxygen atoms in total. The van der Waals surface area contributed by atoms with Crippen LogP contribution in [0.4, 0.5) is 0 Å². The van der Waals surface area contributed by atoms with Gasteiger partial charge in [-0.3, -0.25) is 4.79 Å². The van der Waals surface area contributed by atoms with E-state index in [1.807, 2.05) is 19.9 Å². The number of benzene rings is 1. The first-order chi connectivity index (χ1) is 9.45. The van der Waals surface area contributed by atoms with E-state index < -0.39 is 12.2 Å². The molecule has 0 saturated carbocycles. The molecule has 108 valence electrons. The van der Waals surface area contributed by atoms with Crippen molar-refractivity contribution in [2.75, 3.05) is 7.11 Å². The minimum absolute atomic E-state index is 0.0155. The first-order valence-corrected chi connectivity index (χ1v) is 6.72. The molecule has 0 saturated heterocycles. The second-order valence-electron chi connectivity index (χ2n) is 5.41. The number of aliphatic hydroxyl groups excluding tert-OH is 2. The van der Waals surface area contributed by atoms with Gasteiger partial charge in [-0.15, -0.1) is 0 Å². The van der Waals surface area contributed by atoms with Gasteiger partial charge in [0.25, 0.3) is 0 Å². The molecule has 2 N–H and O–H groups in total. The number of allylic oxidation sites excluding steroid dienone is 1. The zero-order valence-corrected chi connectivity index (χ0v) is 12.0. The van der Waals surface area contributed by atoms with Crippen LogP contribution in [0.15, 0.2) is 18.2 Å². The fraction of sp³-hybridized carbons (Fsp3) is 0.438. The number of hydrogen-bond acceptors (Lipinski definition) is 4. The SMILES string of the molecule is COc1ccc2c(c1[C@@H](O)[C@H](O)C(C)C)CC(=O)C=C2. The highest BCUT2D eigenvalue weighted by molar-refractivity contribution is 5.98. The number of ether oxygens (including phenoxy) is 1. The third kappa shape index (κ3) is 2.62. The Morgan fingerprint density at radius 3 is 2.50 bits per heavy atom. The molecule has 20 heavy (non-hydrogen) atoms. The summed E-state index contributed by atoms with van der Waals surface area (Å²) in [6.07, 6.45) is 1.51. The summed E-state index contributed by atoms with van der Waals surface area (Å²) in [5.74, 6) is 0.387. The van der Waals surface area contributed by atoms with E-state index in [1.54, 1.807) is 12.1 Å². The van der Waals surface area contributed by atoms with Gasteiger partial charge in [0.05, 0.1) is 13.2 Å². The van der Waals surface area contributed by atoms with Crippen molar-refractivity contribution in [1.82, 2.24) is 0 Å². The van der Waals surface area contributed by atoms with Crippen LogP contribution in [-0.4, -0.2) is 29.2 Å². The highest BCUT2D eigenvalue weighted by Crippen LogP contribution is 2.36. The largest absolute Gasteiger partial charge is 0.496 e. The fourth-order valence-corrected chi connectivity index (χ4v) is 2.47. The Kier molecular flexibility index (Phi) is 4.26. The quantitative estimate of drug-likeness (QED) is 0.881. The van der Waals surface area contributed by atoms with E-state index in [0.29, 0.717) is 11.3 Å². The third-order valence-corrected chi connectivity index (χ3v) is 3.68. The van der Waals surface area contributed by atoms with Gasteiger partial charge in [0.2, 0.25) is 0 Å². The molecule has 0 bridgehead atoms. The summed E-state index contributed by atoms with van der Waals surface area (Å²) in [6, 6.07) is 3.61. The molecular formula is C16H20O4. The molecule has 1 aromatic rings. The second kappa shape index (κ2) is 5.77. The van der Waals surface area contributed by atoms with Crippen molar-refractivity contribution in [3.63, 3.8) is 0 Å². The van der Waals surface area contributed by atoms with Gasteiger partial charge >= 0.3 is 0 Å². The lowest BCUT2D eigenvalue weighted by atomic mass is 9.86. The van der Waals surface area contributed by atoms with Crippen molar-refractivity contribution in [3.05, 3.63) is 34.9 Å². The van der Waals surface area contributed by atoms with E-state index in [4.69, 9.17) is 4.74 Å². The maximum absolute atomic E-state index is 11.6. The van der Waals surface area contributed by atoms with E-state index in [9.17, 15) is 15.0 Å². The van der Waals surface area contributed by atoms with Gasteiger partial charge in [0.15, 0.2) is 5.78 Å². The summed E-state index contributed by atoms with van der Waals surface area (Å²) in [6.45, 7) is 3.67. The Bertz CT molecular complexity index is 546. The van der Waals surface area contributed by atoms with Gasteiger partial charge in [-0.2, -0.15) is 0 Å². The molecule has 0 unspecified atom stereocenters. The van der Waals surface area contributed by atoms with Crippen LogP contribution in [0.2, 0.25) is 0 Å². The minimum atomic E-state index is -1.07. The van der Waals surface area contributed by atoms with Gasteiger partial charge in [0, 0.05) is 12.0 Å². The molecule has 0 aromatic heterocycles. The lowest BCUT2D eigenvalue weighted by molar-refractivity contribution is -0.114. The highest BCUT2D eigenvalue weighted by Gasteiger charge is 2.29. The monoisotopic (exact) mass is 276 g/mol. The van der Waals surface area contributed by atoms with Crippen molar-refractivity contribution in [3.8, 4) is 5.75 Å². The van der Waals surface area contributed by atoms with Crippen LogP contribution in [0.1, 0.15) is 36.6 Å². The van der Waals surface area contributed by atoms with Crippen molar-refractivity contribution in [2.45, 2.75) is 32.5 Å². The van der Waals surface area contributed by atoms with Crippen molar-refractivity contribution < 1.29 is 19.7 Å². The Hall–Kier alpha value is -1.65. The average molecular weight is 276 g/mol. The summed E-state index contributed by atoms with van der Waals surface area (Å²) in [5, 5.41) is 20.6. The molecule has 1 aromatic carbocycles. The predicted molar refractivity (Wildman–Crippen MR) is 76.5 cm³/mol. The number of fused-ring (bicyclic) bond motifs is 1. The van der Waals surface area contributed by atoms with Crippen molar-refractivity contribution >= 4 is 11.9 Å². The molecule has 2 atom stereocenters. The number of hydrogen-bond donors (Lipinski definition) is 2. The molecule has 2 rings (SSSR count). The number of ketones is 1. The number of carbonyl (C=O) groups is 1. The van der Waals surface area contributed by atoms with E-state index in [0.717, 1.165) is 11.1 Å². The zero-order valence-electron chi connectivity index (χ0n) is 12.0. The Balaban J connectivity index is 2.55. The maximum atomic E-state index is 11.6. The third-order valence-electron chi connectivity index (χ3n) is 3.68. The topological polar surface area (TPSA) is 66.8 Å². The molecule has 0 spiro atoms. The Labute approximate surface area is 118 Å². The smallest absolute Gasteiger partial charge is 0.160 e. The van der Waals surface area contributed by atoms with Crippen LogP contribution in [0.25, 0.3) is 6.08 Å². The van der Waals surface area contributed by atoms with Gasteiger partial charge < -0.3 is 14.9 Å². The first kappa shape index (κ1) is 14.8. The summed E-state index contributed by atoms with van der Waals surface area (Å²) in [5.41, 5.74) is 2.14. The normalized spacial score (nSPS) is 17.0. The molecule has 0 radical (unpaired) electrons. The minimum Gasteiger partial charge on any atom is -0.496 e. The summed E-state index contributed by atoms with van der Waals surface area (Å²) in [4.78, 5) is 11.6. The molecule has 0 fully saturated rings.